The van der Waals surface area contributed by atoms with Crippen molar-refractivity contribution in [3.8, 4) is 0 Å². The molecule has 0 bridgehead atoms. The maximum absolute atomic E-state index is 12.2. The fourth-order valence-electron chi connectivity index (χ4n) is 2.81. The van der Waals surface area contributed by atoms with Crippen molar-refractivity contribution < 1.29 is 31.2 Å². The van der Waals surface area contributed by atoms with Crippen molar-refractivity contribution >= 4 is 31.9 Å². The summed E-state index contributed by atoms with van der Waals surface area (Å²) in [5, 5.41) is 5.17. The highest BCUT2D eigenvalue weighted by Crippen LogP contribution is 2.20. The van der Waals surface area contributed by atoms with Crippen molar-refractivity contribution in [2.45, 2.75) is 18.7 Å². The van der Waals surface area contributed by atoms with Crippen LogP contribution in [0.15, 0.2) is 17.0 Å². The Morgan fingerprint density at radius 3 is 2.14 bits per heavy atom. The molecule has 10 nitrogen and oxygen atoms in total. The van der Waals surface area contributed by atoms with E-state index in [0.29, 0.717) is 11.1 Å². The number of primary sulfonamides is 1. The number of aryl methyl sites for hydroxylation is 1. The second-order valence-electron chi connectivity index (χ2n) is 6.58. The molecule has 1 fully saturated rings. The van der Waals surface area contributed by atoms with Gasteiger partial charge >= 0.3 is 5.97 Å². The molecule has 0 aromatic heterocycles. The fraction of sp³-hybridized carbons (Fsp3) is 0.500. The van der Waals surface area contributed by atoms with Crippen molar-refractivity contribution in [2.24, 2.45) is 5.14 Å². The standard InChI is InChI=1S/C16H23N3O7S2/c1-11-8-13(9-14(12(11)2)28(17,24)25)16(21)26-10-15(20)18-4-6-19(7-5-18)27(3,22)23/h8-9H,4-7,10H2,1-3H3,(H2,17,24,25). The first-order valence-corrected chi connectivity index (χ1v) is 11.7. The van der Waals surface area contributed by atoms with E-state index in [9.17, 15) is 26.4 Å². The Kier molecular flexibility index (Phi) is 6.48. The van der Waals surface area contributed by atoms with E-state index in [-0.39, 0.29) is 36.6 Å². The molecule has 0 aliphatic carbocycles. The van der Waals surface area contributed by atoms with Crippen molar-refractivity contribution in [1.29, 1.82) is 0 Å². The summed E-state index contributed by atoms with van der Waals surface area (Å²) in [4.78, 5) is 25.7. The fourth-order valence-corrected chi connectivity index (χ4v) is 4.52. The van der Waals surface area contributed by atoms with Crippen LogP contribution in [0.4, 0.5) is 0 Å². The van der Waals surface area contributed by atoms with Gasteiger partial charge in [0.1, 0.15) is 0 Å². The van der Waals surface area contributed by atoms with Crippen LogP contribution in [0.1, 0.15) is 21.5 Å². The van der Waals surface area contributed by atoms with Gasteiger partial charge in [-0.1, -0.05) is 0 Å². The molecular weight excluding hydrogens is 410 g/mol. The van der Waals surface area contributed by atoms with E-state index in [1.54, 1.807) is 13.8 Å². The largest absolute Gasteiger partial charge is 0.452 e. The molecule has 1 aliphatic rings. The van der Waals surface area contributed by atoms with Crippen molar-refractivity contribution in [3.63, 3.8) is 0 Å². The first-order valence-electron chi connectivity index (χ1n) is 8.35. The van der Waals surface area contributed by atoms with Gasteiger partial charge in [0.15, 0.2) is 6.61 Å². The van der Waals surface area contributed by atoms with Crippen LogP contribution in [0.3, 0.4) is 0 Å². The van der Waals surface area contributed by atoms with Crippen LogP contribution in [0, 0.1) is 13.8 Å². The first kappa shape index (κ1) is 22.3. The number of esters is 1. The third kappa shape index (κ3) is 5.28. The van der Waals surface area contributed by atoms with Crippen molar-refractivity contribution in [1.82, 2.24) is 9.21 Å². The molecule has 0 unspecified atom stereocenters. The second kappa shape index (κ2) is 8.15. The van der Waals surface area contributed by atoms with Crippen LogP contribution in [0.5, 0.6) is 0 Å². The van der Waals surface area contributed by atoms with Crippen LogP contribution >= 0.6 is 0 Å². The minimum atomic E-state index is -4.01. The van der Waals surface area contributed by atoms with Crippen LogP contribution < -0.4 is 5.14 Å². The number of sulfonamides is 2. The molecule has 1 aromatic rings. The molecule has 1 saturated heterocycles. The van der Waals surface area contributed by atoms with Gasteiger partial charge in [0.25, 0.3) is 5.91 Å². The highest BCUT2D eigenvalue weighted by atomic mass is 32.2. The van der Waals surface area contributed by atoms with Crippen molar-refractivity contribution in [2.75, 3.05) is 39.0 Å². The molecule has 28 heavy (non-hydrogen) atoms. The topological polar surface area (TPSA) is 144 Å². The smallest absolute Gasteiger partial charge is 0.338 e. The Bertz CT molecular complexity index is 995. The molecule has 0 saturated carbocycles. The maximum atomic E-state index is 12.2. The summed E-state index contributed by atoms with van der Waals surface area (Å²) in [5.74, 6) is -1.31. The number of ether oxygens (including phenoxy) is 1. The number of carbonyl (C=O) groups excluding carboxylic acids is 2. The SMILES string of the molecule is Cc1cc(C(=O)OCC(=O)N2CCN(S(C)(=O)=O)CC2)cc(S(N)(=O)=O)c1C. The van der Waals surface area contributed by atoms with E-state index >= 15 is 0 Å². The molecule has 0 radical (unpaired) electrons. The quantitative estimate of drug-likeness (QED) is 0.599. The Hall–Kier alpha value is -2.02. The summed E-state index contributed by atoms with van der Waals surface area (Å²) in [5.41, 5.74) is 0.947. The molecule has 2 N–H and O–H groups in total. The monoisotopic (exact) mass is 433 g/mol. The summed E-state index contributed by atoms with van der Waals surface area (Å²) < 4.78 is 52.6. The molecule has 1 aromatic carbocycles. The Morgan fingerprint density at radius 1 is 1.07 bits per heavy atom. The molecule has 0 atom stereocenters. The molecule has 2 rings (SSSR count). The number of hydrogen-bond acceptors (Lipinski definition) is 7. The third-order valence-electron chi connectivity index (χ3n) is 4.55. The maximum Gasteiger partial charge on any atom is 0.338 e. The van der Waals surface area contributed by atoms with Crippen LogP contribution in [0.2, 0.25) is 0 Å². The van der Waals surface area contributed by atoms with Crippen LogP contribution in [-0.4, -0.2) is 77.0 Å². The zero-order valence-electron chi connectivity index (χ0n) is 15.8. The lowest BCUT2D eigenvalue weighted by Crippen LogP contribution is -2.51. The molecule has 1 aliphatic heterocycles. The molecule has 0 spiro atoms. The van der Waals surface area contributed by atoms with Gasteiger partial charge in [-0.2, -0.15) is 4.31 Å². The summed E-state index contributed by atoms with van der Waals surface area (Å²) in [7, 11) is -7.32. The zero-order chi connectivity index (χ0) is 21.3. The lowest BCUT2D eigenvalue weighted by Gasteiger charge is -2.33. The van der Waals surface area contributed by atoms with Crippen LogP contribution in [-0.2, 0) is 29.6 Å². The van der Waals surface area contributed by atoms with Crippen LogP contribution in [0.25, 0.3) is 0 Å². The van der Waals surface area contributed by atoms with E-state index in [2.05, 4.69) is 0 Å². The summed E-state index contributed by atoms with van der Waals surface area (Å²) in [6.07, 6.45) is 1.10. The normalized spacial score (nSPS) is 16.1. The number of amides is 1. The van der Waals surface area contributed by atoms with E-state index in [1.165, 1.54) is 15.3 Å². The van der Waals surface area contributed by atoms with E-state index < -0.39 is 38.5 Å². The number of rotatable bonds is 5. The van der Waals surface area contributed by atoms with Gasteiger partial charge in [0.2, 0.25) is 20.0 Å². The molecular formula is C16H23N3O7S2. The van der Waals surface area contributed by atoms with Gasteiger partial charge in [-0.05, 0) is 37.1 Å². The minimum absolute atomic E-state index is 0.0261. The number of benzene rings is 1. The van der Waals surface area contributed by atoms with E-state index in [1.807, 2.05) is 0 Å². The summed E-state index contributed by atoms with van der Waals surface area (Å²) in [6.45, 7) is 3.42. The Balaban J connectivity index is 2.01. The highest BCUT2D eigenvalue weighted by Gasteiger charge is 2.27. The van der Waals surface area contributed by atoms with Gasteiger partial charge in [-0.15, -0.1) is 0 Å². The molecule has 1 amide bonds. The number of carbonyl (C=O) groups is 2. The average molecular weight is 434 g/mol. The molecule has 1 heterocycles. The third-order valence-corrected chi connectivity index (χ3v) is 6.89. The Labute approximate surface area is 164 Å². The predicted octanol–water partition coefficient (Wildman–Crippen LogP) is -0.789. The predicted molar refractivity (Wildman–Crippen MR) is 101 cm³/mol. The van der Waals surface area contributed by atoms with Crippen molar-refractivity contribution in [3.05, 3.63) is 28.8 Å². The van der Waals surface area contributed by atoms with Gasteiger partial charge in [0.05, 0.1) is 16.7 Å². The summed E-state index contributed by atoms with van der Waals surface area (Å²) >= 11 is 0. The molecule has 156 valence electrons. The first-order chi connectivity index (χ1) is 12.8. The number of nitrogens with zero attached hydrogens (tertiary/aromatic N) is 2. The van der Waals surface area contributed by atoms with E-state index in [4.69, 9.17) is 9.88 Å². The molecule has 12 heteroatoms. The average Bonchev–Trinajstić information content (AvgIpc) is 2.59. The van der Waals surface area contributed by atoms with Gasteiger partial charge in [0, 0.05) is 26.2 Å². The number of nitrogens with two attached hydrogens (primary N) is 1. The number of piperazine rings is 1. The lowest BCUT2D eigenvalue weighted by atomic mass is 10.1. The summed E-state index contributed by atoms with van der Waals surface area (Å²) in [6, 6.07) is 2.58. The highest BCUT2D eigenvalue weighted by molar-refractivity contribution is 7.89. The van der Waals surface area contributed by atoms with E-state index in [0.717, 1.165) is 12.3 Å². The van der Waals surface area contributed by atoms with Gasteiger partial charge in [-0.3, -0.25) is 4.79 Å². The lowest BCUT2D eigenvalue weighted by molar-refractivity contribution is -0.135. The van der Waals surface area contributed by atoms with Gasteiger partial charge < -0.3 is 9.64 Å². The Morgan fingerprint density at radius 2 is 1.64 bits per heavy atom. The minimum Gasteiger partial charge on any atom is -0.452 e. The van der Waals surface area contributed by atoms with Gasteiger partial charge in [-0.25, -0.2) is 26.8 Å². The number of hydrogen-bond donors (Lipinski definition) is 1. The zero-order valence-corrected chi connectivity index (χ0v) is 17.5. The second-order valence-corrected chi connectivity index (χ2v) is 10.1.